The number of aliphatic carboxylic acids is 1. The van der Waals surface area contributed by atoms with Crippen molar-refractivity contribution in [1.82, 2.24) is 15.2 Å². The zero-order valence-electron chi connectivity index (χ0n) is 11.5. The number of nitrogens with zero attached hydrogens (tertiary/aromatic N) is 3. The van der Waals surface area contributed by atoms with Gasteiger partial charge in [-0.05, 0) is 0 Å². The lowest BCUT2D eigenvalue weighted by atomic mass is 10.2. The van der Waals surface area contributed by atoms with E-state index in [9.17, 15) is 9.59 Å². The standard InChI is InChI=1S/C12H14N4O3S2/c1-6(2)11-15-16-12(21-11)14-8(17)4-9-13-7(5-20-9)3-10(18)19/h5-6H,3-4H2,1-2H3,(H,18,19)(H,14,16,17). The Hall–Kier alpha value is -1.87. The molecule has 0 saturated carbocycles. The molecule has 2 aromatic rings. The number of carbonyl (C=O) groups excluding carboxylic acids is 1. The van der Waals surface area contributed by atoms with E-state index in [2.05, 4.69) is 20.5 Å². The zero-order chi connectivity index (χ0) is 15.4. The molecule has 2 rings (SSSR count). The van der Waals surface area contributed by atoms with E-state index >= 15 is 0 Å². The van der Waals surface area contributed by atoms with Gasteiger partial charge in [0, 0.05) is 11.3 Å². The average Bonchev–Trinajstić information content (AvgIpc) is 2.98. The average molecular weight is 326 g/mol. The van der Waals surface area contributed by atoms with Gasteiger partial charge in [-0.1, -0.05) is 25.2 Å². The third kappa shape index (κ3) is 4.57. The summed E-state index contributed by atoms with van der Waals surface area (Å²) < 4.78 is 0. The van der Waals surface area contributed by atoms with Gasteiger partial charge < -0.3 is 10.4 Å². The Labute approximate surface area is 129 Å². The number of carbonyl (C=O) groups is 2. The number of amides is 1. The first kappa shape index (κ1) is 15.5. The molecule has 0 bridgehead atoms. The number of hydrogen-bond donors (Lipinski definition) is 2. The maximum Gasteiger partial charge on any atom is 0.309 e. The van der Waals surface area contributed by atoms with Crippen molar-refractivity contribution in [3.63, 3.8) is 0 Å². The fourth-order valence-corrected chi connectivity index (χ4v) is 3.04. The van der Waals surface area contributed by atoms with E-state index in [-0.39, 0.29) is 24.7 Å². The van der Waals surface area contributed by atoms with Crippen molar-refractivity contribution in [2.24, 2.45) is 0 Å². The fourth-order valence-electron chi connectivity index (χ4n) is 1.49. The summed E-state index contributed by atoms with van der Waals surface area (Å²) in [6, 6.07) is 0. The summed E-state index contributed by atoms with van der Waals surface area (Å²) in [5.74, 6) is -0.908. The minimum absolute atomic E-state index is 0.0981. The normalized spacial score (nSPS) is 10.8. The van der Waals surface area contributed by atoms with Gasteiger partial charge in [-0.3, -0.25) is 9.59 Å². The summed E-state index contributed by atoms with van der Waals surface area (Å²) in [6.07, 6.45) is -0.0346. The molecule has 2 N–H and O–H groups in total. The van der Waals surface area contributed by atoms with Crippen LogP contribution in [0.4, 0.5) is 5.13 Å². The van der Waals surface area contributed by atoms with Crippen molar-refractivity contribution in [3.05, 3.63) is 21.1 Å². The molecule has 2 heterocycles. The van der Waals surface area contributed by atoms with Crippen molar-refractivity contribution in [2.75, 3.05) is 5.32 Å². The van der Waals surface area contributed by atoms with Crippen LogP contribution in [-0.4, -0.2) is 32.2 Å². The van der Waals surface area contributed by atoms with Crippen LogP contribution in [0, 0.1) is 0 Å². The van der Waals surface area contributed by atoms with E-state index < -0.39 is 5.97 Å². The second kappa shape index (κ2) is 6.72. The Morgan fingerprint density at radius 2 is 2.10 bits per heavy atom. The van der Waals surface area contributed by atoms with Crippen LogP contribution in [0.2, 0.25) is 0 Å². The molecule has 0 radical (unpaired) electrons. The maximum absolute atomic E-state index is 11.9. The van der Waals surface area contributed by atoms with Crippen molar-refractivity contribution in [1.29, 1.82) is 0 Å². The van der Waals surface area contributed by atoms with Gasteiger partial charge in [0.1, 0.15) is 10.0 Å². The first-order valence-electron chi connectivity index (χ1n) is 6.22. The monoisotopic (exact) mass is 326 g/mol. The number of nitrogens with one attached hydrogen (secondary N) is 1. The summed E-state index contributed by atoms with van der Waals surface area (Å²) in [7, 11) is 0. The summed E-state index contributed by atoms with van der Waals surface area (Å²) >= 11 is 2.62. The van der Waals surface area contributed by atoms with Crippen LogP contribution < -0.4 is 5.32 Å². The van der Waals surface area contributed by atoms with Gasteiger partial charge in [0.15, 0.2) is 0 Å². The molecule has 112 valence electrons. The molecule has 0 aliphatic heterocycles. The molecule has 7 nitrogen and oxygen atoms in total. The Morgan fingerprint density at radius 3 is 2.71 bits per heavy atom. The molecule has 0 aliphatic rings. The summed E-state index contributed by atoms with van der Waals surface area (Å²) in [4.78, 5) is 26.6. The summed E-state index contributed by atoms with van der Waals surface area (Å²) in [5.41, 5.74) is 0.466. The number of aromatic nitrogens is 3. The van der Waals surface area contributed by atoms with E-state index in [0.29, 0.717) is 15.8 Å². The second-order valence-corrected chi connectivity index (χ2v) is 6.58. The molecule has 0 unspecified atom stereocenters. The Bertz CT molecular complexity index is 650. The summed E-state index contributed by atoms with van der Waals surface area (Å²) in [6.45, 7) is 4.01. The van der Waals surface area contributed by atoms with E-state index in [1.54, 1.807) is 5.38 Å². The van der Waals surface area contributed by atoms with Gasteiger partial charge in [-0.15, -0.1) is 21.5 Å². The molecular weight excluding hydrogens is 312 g/mol. The Kier molecular flexibility index (Phi) is 4.97. The number of hydrogen-bond acceptors (Lipinski definition) is 7. The lowest BCUT2D eigenvalue weighted by Gasteiger charge is -1.98. The van der Waals surface area contributed by atoms with Gasteiger partial charge in [0.05, 0.1) is 18.5 Å². The lowest BCUT2D eigenvalue weighted by Crippen LogP contribution is -2.14. The third-order valence-electron chi connectivity index (χ3n) is 2.42. The molecule has 9 heteroatoms. The number of carboxylic acid groups (broad SMARTS) is 1. The number of thiazole rings is 1. The number of carboxylic acids is 1. The predicted octanol–water partition coefficient (Wildman–Crippen LogP) is 1.93. The SMILES string of the molecule is CC(C)c1nnc(NC(=O)Cc2nc(CC(=O)O)cs2)s1. The van der Waals surface area contributed by atoms with E-state index in [4.69, 9.17) is 5.11 Å². The van der Waals surface area contributed by atoms with E-state index in [0.717, 1.165) is 5.01 Å². The largest absolute Gasteiger partial charge is 0.481 e. The van der Waals surface area contributed by atoms with Crippen LogP contribution in [0.1, 0.15) is 35.5 Å². The highest BCUT2D eigenvalue weighted by Crippen LogP contribution is 2.22. The van der Waals surface area contributed by atoms with Crippen LogP contribution in [0.25, 0.3) is 0 Å². The van der Waals surface area contributed by atoms with Gasteiger partial charge in [0.25, 0.3) is 0 Å². The second-order valence-electron chi connectivity index (χ2n) is 4.63. The van der Waals surface area contributed by atoms with Gasteiger partial charge >= 0.3 is 5.97 Å². The van der Waals surface area contributed by atoms with Gasteiger partial charge in [-0.25, -0.2) is 4.98 Å². The van der Waals surface area contributed by atoms with Crippen molar-refractivity contribution in [2.45, 2.75) is 32.6 Å². The minimum Gasteiger partial charge on any atom is -0.481 e. The van der Waals surface area contributed by atoms with Crippen LogP contribution in [0.15, 0.2) is 5.38 Å². The summed E-state index contributed by atoms with van der Waals surface area (Å²) in [5, 5.41) is 22.8. The first-order valence-corrected chi connectivity index (χ1v) is 7.92. The molecular formula is C12H14N4O3S2. The van der Waals surface area contributed by atoms with Crippen LogP contribution >= 0.6 is 22.7 Å². The number of rotatable bonds is 6. The van der Waals surface area contributed by atoms with Crippen LogP contribution in [0.5, 0.6) is 0 Å². The molecule has 1 amide bonds. The maximum atomic E-state index is 11.9. The molecule has 0 atom stereocenters. The predicted molar refractivity (Wildman–Crippen MR) is 79.8 cm³/mol. The van der Waals surface area contributed by atoms with Gasteiger partial charge in [0.2, 0.25) is 11.0 Å². The molecule has 2 aromatic heterocycles. The molecule has 0 spiro atoms. The highest BCUT2D eigenvalue weighted by Gasteiger charge is 2.13. The Morgan fingerprint density at radius 1 is 1.33 bits per heavy atom. The van der Waals surface area contributed by atoms with Crippen molar-refractivity contribution >= 4 is 39.7 Å². The first-order chi connectivity index (χ1) is 9.94. The molecule has 0 saturated heterocycles. The topological polar surface area (TPSA) is 105 Å². The quantitative estimate of drug-likeness (QED) is 0.840. The van der Waals surface area contributed by atoms with Crippen LogP contribution in [-0.2, 0) is 22.4 Å². The fraction of sp³-hybridized carbons (Fsp3) is 0.417. The van der Waals surface area contributed by atoms with Crippen LogP contribution in [0.3, 0.4) is 0 Å². The van der Waals surface area contributed by atoms with Crippen molar-refractivity contribution < 1.29 is 14.7 Å². The smallest absolute Gasteiger partial charge is 0.309 e. The Balaban J connectivity index is 1.91. The highest BCUT2D eigenvalue weighted by atomic mass is 32.1. The highest BCUT2D eigenvalue weighted by molar-refractivity contribution is 7.15. The molecule has 21 heavy (non-hydrogen) atoms. The number of anilines is 1. The molecule has 0 aliphatic carbocycles. The molecule has 0 fully saturated rings. The zero-order valence-corrected chi connectivity index (χ0v) is 13.1. The van der Waals surface area contributed by atoms with E-state index in [1.807, 2.05) is 13.8 Å². The third-order valence-corrected chi connectivity index (χ3v) is 4.46. The van der Waals surface area contributed by atoms with Crippen molar-refractivity contribution in [3.8, 4) is 0 Å². The van der Waals surface area contributed by atoms with E-state index in [1.165, 1.54) is 22.7 Å². The van der Waals surface area contributed by atoms with Gasteiger partial charge in [-0.2, -0.15) is 0 Å². The molecule has 0 aromatic carbocycles. The lowest BCUT2D eigenvalue weighted by molar-refractivity contribution is -0.136. The minimum atomic E-state index is -0.939.